The average molecular weight is 389 g/mol. The molecule has 1 aliphatic carbocycles. The van der Waals surface area contributed by atoms with Gasteiger partial charge in [-0.2, -0.15) is 0 Å². The van der Waals surface area contributed by atoms with Crippen molar-refractivity contribution in [2.45, 2.75) is 32.6 Å². The van der Waals surface area contributed by atoms with Gasteiger partial charge in [-0.15, -0.1) is 11.3 Å². The van der Waals surface area contributed by atoms with E-state index >= 15 is 0 Å². The highest BCUT2D eigenvalue weighted by Gasteiger charge is 2.27. The summed E-state index contributed by atoms with van der Waals surface area (Å²) in [5.74, 6) is 0.607. The van der Waals surface area contributed by atoms with Gasteiger partial charge in [0.05, 0.1) is 19.3 Å². The zero-order valence-electron chi connectivity index (χ0n) is 15.5. The van der Waals surface area contributed by atoms with E-state index in [1.54, 1.807) is 38.3 Å². The molecule has 0 saturated heterocycles. The Morgan fingerprint density at radius 3 is 2.52 bits per heavy atom. The number of esters is 1. The minimum absolute atomic E-state index is 0.142. The molecular weight excluding hydrogens is 366 g/mol. The smallest absolute Gasteiger partial charge is 0.341 e. The van der Waals surface area contributed by atoms with E-state index in [-0.39, 0.29) is 18.5 Å². The third kappa shape index (κ3) is 4.60. The summed E-state index contributed by atoms with van der Waals surface area (Å²) in [4.78, 5) is 25.9. The summed E-state index contributed by atoms with van der Waals surface area (Å²) >= 11 is 1.47. The fourth-order valence-corrected chi connectivity index (χ4v) is 4.35. The molecule has 1 N–H and O–H groups in total. The third-order valence-corrected chi connectivity index (χ3v) is 5.54. The van der Waals surface area contributed by atoms with Gasteiger partial charge in [0.15, 0.2) is 6.61 Å². The summed E-state index contributed by atoms with van der Waals surface area (Å²) in [7, 11) is 1.59. The van der Waals surface area contributed by atoms with Crippen LogP contribution in [0.1, 0.15) is 40.6 Å². The lowest BCUT2D eigenvalue weighted by atomic mass is 9.95. The van der Waals surface area contributed by atoms with Crippen molar-refractivity contribution < 1.29 is 23.8 Å². The lowest BCUT2D eigenvalue weighted by Crippen LogP contribution is -2.21. The summed E-state index contributed by atoms with van der Waals surface area (Å²) in [6.45, 7) is 1.94. The number of nitrogens with one attached hydrogen (secondary N) is 1. The van der Waals surface area contributed by atoms with Gasteiger partial charge in [0.2, 0.25) is 0 Å². The molecule has 0 bridgehead atoms. The summed E-state index contributed by atoms with van der Waals surface area (Å²) < 4.78 is 15.8. The molecule has 27 heavy (non-hydrogen) atoms. The number of thiophene rings is 1. The van der Waals surface area contributed by atoms with Crippen LogP contribution in [0.25, 0.3) is 0 Å². The zero-order chi connectivity index (χ0) is 19.2. The van der Waals surface area contributed by atoms with E-state index in [2.05, 4.69) is 5.32 Å². The standard InChI is InChI=1S/C20H23NO5S/c1-3-25-20(23)18-15-6-4-5-7-16(15)27-19(18)21-17(22)12-26-14-10-8-13(24-2)9-11-14/h8-11H,3-7,12H2,1-2H3,(H,21,22). The van der Waals surface area contributed by atoms with Gasteiger partial charge in [0.1, 0.15) is 16.5 Å². The van der Waals surface area contributed by atoms with Crippen LogP contribution in [0.2, 0.25) is 0 Å². The second kappa shape index (κ2) is 8.90. The predicted octanol–water partition coefficient (Wildman–Crippen LogP) is 3.83. The molecule has 0 unspecified atom stereocenters. The van der Waals surface area contributed by atoms with Crippen LogP contribution in [-0.2, 0) is 22.4 Å². The van der Waals surface area contributed by atoms with Gasteiger partial charge >= 0.3 is 5.97 Å². The van der Waals surface area contributed by atoms with Crippen molar-refractivity contribution in [3.05, 3.63) is 40.3 Å². The monoisotopic (exact) mass is 389 g/mol. The number of amides is 1. The van der Waals surface area contributed by atoms with Crippen LogP contribution < -0.4 is 14.8 Å². The second-order valence-electron chi connectivity index (χ2n) is 6.15. The van der Waals surface area contributed by atoms with E-state index in [1.165, 1.54) is 11.3 Å². The van der Waals surface area contributed by atoms with Crippen molar-refractivity contribution >= 4 is 28.2 Å². The number of fused-ring (bicyclic) bond motifs is 1. The summed E-state index contributed by atoms with van der Waals surface area (Å²) in [5, 5.41) is 3.39. The number of benzene rings is 1. The Bertz CT molecular complexity index is 813. The number of carbonyl (C=O) groups is 2. The maximum atomic E-state index is 12.4. The lowest BCUT2D eigenvalue weighted by Gasteiger charge is -2.12. The van der Waals surface area contributed by atoms with Gasteiger partial charge in [-0.05, 0) is 62.4 Å². The molecule has 0 fully saturated rings. The van der Waals surface area contributed by atoms with Crippen molar-refractivity contribution in [3.8, 4) is 11.5 Å². The minimum atomic E-state index is -0.372. The fourth-order valence-electron chi connectivity index (χ4n) is 3.06. The van der Waals surface area contributed by atoms with Gasteiger partial charge < -0.3 is 19.5 Å². The van der Waals surface area contributed by atoms with Crippen molar-refractivity contribution in [1.29, 1.82) is 0 Å². The van der Waals surface area contributed by atoms with Crippen molar-refractivity contribution in [2.75, 3.05) is 25.6 Å². The molecule has 0 spiro atoms. The van der Waals surface area contributed by atoms with Crippen molar-refractivity contribution in [3.63, 3.8) is 0 Å². The van der Waals surface area contributed by atoms with Crippen LogP contribution in [0.3, 0.4) is 0 Å². The first-order valence-corrected chi connectivity index (χ1v) is 9.82. The number of anilines is 1. The summed E-state index contributed by atoms with van der Waals surface area (Å²) in [6, 6.07) is 7.00. The average Bonchev–Trinajstić information content (AvgIpc) is 3.04. The summed E-state index contributed by atoms with van der Waals surface area (Å²) in [6.07, 6.45) is 3.93. The highest BCUT2D eigenvalue weighted by Crippen LogP contribution is 2.38. The van der Waals surface area contributed by atoms with E-state index in [9.17, 15) is 9.59 Å². The fraction of sp³-hybridized carbons (Fsp3) is 0.400. The minimum Gasteiger partial charge on any atom is -0.497 e. The highest BCUT2D eigenvalue weighted by molar-refractivity contribution is 7.17. The van der Waals surface area contributed by atoms with Crippen LogP contribution in [0.15, 0.2) is 24.3 Å². The quantitative estimate of drug-likeness (QED) is 0.729. The van der Waals surface area contributed by atoms with E-state index < -0.39 is 0 Å². The van der Waals surface area contributed by atoms with Crippen LogP contribution in [0, 0.1) is 0 Å². The SMILES string of the molecule is CCOC(=O)c1c(NC(=O)COc2ccc(OC)cc2)sc2c1CCCC2. The molecule has 6 nitrogen and oxygen atoms in total. The third-order valence-electron chi connectivity index (χ3n) is 4.33. The molecule has 0 radical (unpaired) electrons. The topological polar surface area (TPSA) is 73.9 Å². The van der Waals surface area contributed by atoms with E-state index in [1.807, 2.05) is 0 Å². The van der Waals surface area contributed by atoms with Gasteiger partial charge in [-0.25, -0.2) is 4.79 Å². The number of aryl methyl sites for hydroxylation is 1. The Hall–Kier alpha value is -2.54. The van der Waals surface area contributed by atoms with E-state index in [0.717, 1.165) is 41.9 Å². The Morgan fingerprint density at radius 2 is 1.81 bits per heavy atom. The van der Waals surface area contributed by atoms with Gasteiger partial charge in [0, 0.05) is 4.88 Å². The van der Waals surface area contributed by atoms with Crippen LogP contribution >= 0.6 is 11.3 Å². The van der Waals surface area contributed by atoms with Gasteiger partial charge in [-0.3, -0.25) is 4.79 Å². The molecule has 1 aromatic carbocycles. The molecule has 1 amide bonds. The van der Waals surface area contributed by atoms with Crippen molar-refractivity contribution in [1.82, 2.24) is 0 Å². The number of rotatable bonds is 7. The number of ether oxygens (including phenoxy) is 3. The number of hydrogen-bond donors (Lipinski definition) is 1. The van der Waals surface area contributed by atoms with Crippen molar-refractivity contribution in [2.24, 2.45) is 0 Å². The van der Waals surface area contributed by atoms with Crippen LogP contribution in [0.5, 0.6) is 11.5 Å². The van der Waals surface area contributed by atoms with Crippen LogP contribution in [-0.4, -0.2) is 32.2 Å². The van der Waals surface area contributed by atoms with Gasteiger partial charge in [0.25, 0.3) is 5.91 Å². The maximum Gasteiger partial charge on any atom is 0.341 e. The number of hydrogen-bond acceptors (Lipinski definition) is 6. The van der Waals surface area contributed by atoms with Gasteiger partial charge in [-0.1, -0.05) is 0 Å². The Balaban J connectivity index is 1.69. The molecule has 0 atom stereocenters. The molecule has 1 aliphatic rings. The largest absolute Gasteiger partial charge is 0.497 e. The normalized spacial score (nSPS) is 12.8. The molecule has 1 heterocycles. The van der Waals surface area contributed by atoms with Crippen LogP contribution in [0.4, 0.5) is 5.00 Å². The van der Waals surface area contributed by atoms with E-state index in [4.69, 9.17) is 14.2 Å². The molecule has 1 aromatic heterocycles. The first-order chi connectivity index (χ1) is 13.1. The maximum absolute atomic E-state index is 12.4. The first-order valence-electron chi connectivity index (χ1n) is 9.00. The molecule has 7 heteroatoms. The lowest BCUT2D eigenvalue weighted by molar-refractivity contribution is -0.118. The Labute approximate surface area is 162 Å². The summed E-state index contributed by atoms with van der Waals surface area (Å²) in [5.41, 5.74) is 1.53. The molecule has 0 saturated carbocycles. The molecule has 0 aliphatic heterocycles. The first kappa shape index (κ1) is 19.2. The predicted molar refractivity (Wildman–Crippen MR) is 104 cm³/mol. The second-order valence-corrected chi connectivity index (χ2v) is 7.25. The highest BCUT2D eigenvalue weighted by atomic mass is 32.1. The Kier molecular flexibility index (Phi) is 6.34. The molecule has 3 rings (SSSR count). The zero-order valence-corrected chi connectivity index (χ0v) is 16.3. The Morgan fingerprint density at radius 1 is 1.11 bits per heavy atom. The molecular formula is C20H23NO5S. The van der Waals surface area contributed by atoms with E-state index in [0.29, 0.717) is 22.9 Å². The number of carbonyl (C=O) groups excluding carboxylic acids is 2. The number of methoxy groups -OCH3 is 1. The molecule has 144 valence electrons. The molecule has 2 aromatic rings.